The van der Waals surface area contributed by atoms with Gasteiger partial charge in [0.2, 0.25) is 0 Å². The van der Waals surface area contributed by atoms with Crippen LogP contribution in [0.3, 0.4) is 0 Å². The van der Waals surface area contributed by atoms with Crippen LogP contribution >= 0.6 is 0 Å². The van der Waals surface area contributed by atoms with Crippen LogP contribution in [0, 0.1) is 0 Å². The molecule has 0 aromatic heterocycles. The second kappa shape index (κ2) is 11.6. The van der Waals surface area contributed by atoms with Gasteiger partial charge in [-0.1, -0.05) is 60.7 Å². The Labute approximate surface area is 188 Å². The van der Waals surface area contributed by atoms with Crippen molar-refractivity contribution in [3.8, 4) is 0 Å². The minimum atomic E-state index is -0.559. The van der Waals surface area contributed by atoms with Crippen LogP contribution in [0.4, 0.5) is 0 Å². The standard InChI is InChI=1S/C26H28N2O4/c1-17(29)23(18(2)30)15-27-25(21-11-7-5-8-12-21)26(22-13-9-6-10-14-22)28-16-24(19(3)31)20(4)32/h5-16,25-26,29,31H,1-4H3/b23-17+,24-19+,27-15?,28-16?/t25-,26+. The summed E-state index contributed by atoms with van der Waals surface area (Å²) in [6, 6.07) is 17.7. The molecule has 0 heterocycles. The molecule has 0 saturated heterocycles. The third-order valence-corrected chi connectivity index (χ3v) is 4.85. The maximum Gasteiger partial charge on any atom is 0.164 e. The normalized spacial score (nSPS) is 15.2. The van der Waals surface area contributed by atoms with Gasteiger partial charge in [0.05, 0.1) is 11.1 Å². The van der Waals surface area contributed by atoms with E-state index in [0.29, 0.717) is 0 Å². The molecule has 0 spiro atoms. The van der Waals surface area contributed by atoms with Gasteiger partial charge < -0.3 is 10.2 Å². The Morgan fingerprint density at radius 2 is 0.969 bits per heavy atom. The first kappa shape index (κ1) is 24.5. The quantitative estimate of drug-likeness (QED) is 0.312. The largest absolute Gasteiger partial charge is 0.512 e. The summed E-state index contributed by atoms with van der Waals surface area (Å²) in [5.74, 6) is -0.855. The molecule has 2 aromatic carbocycles. The summed E-state index contributed by atoms with van der Waals surface area (Å²) < 4.78 is 0. The van der Waals surface area contributed by atoms with Crippen LogP contribution in [-0.2, 0) is 9.59 Å². The Balaban J connectivity index is 2.67. The van der Waals surface area contributed by atoms with Crippen LogP contribution in [0.15, 0.2) is 93.3 Å². The van der Waals surface area contributed by atoms with E-state index in [-0.39, 0.29) is 34.2 Å². The minimum Gasteiger partial charge on any atom is -0.512 e. The molecule has 0 unspecified atom stereocenters. The molecule has 6 nitrogen and oxygen atoms in total. The molecule has 0 aliphatic carbocycles. The number of carbonyl (C=O) groups is 2. The van der Waals surface area contributed by atoms with Crippen LogP contribution in [0.2, 0.25) is 0 Å². The second-order valence-electron chi connectivity index (χ2n) is 7.38. The third kappa shape index (κ3) is 6.60. The SMILES string of the molecule is CC(=O)/C(C=N[C@H](c1ccccc1)[C@@H](N=C/C(C(C)=O)=C(/C)O)c1ccccc1)=C(\C)O. The fraction of sp³-hybridized carbons (Fsp3) is 0.231. The van der Waals surface area contributed by atoms with Gasteiger partial charge >= 0.3 is 0 Å². The van der Waals surface area contributed by atoms with Crippen molar-refractivity contribution < 1.29 is 19.8 Å². The van der Waals surface area contributed by atoms with Crippen molar-refractivity contribution in [1.82, 2.24) is 0 Å². The van der Waals surface area contributed by atoms with Crippen molar-refractivity contribution in [3.05, 3.63) is 94.5 Å². The Hall–Kier alpha value is -3.80. The van der Waals surface area contributed by atoms with Gasteiger partial charge in [0.1, 0.15) is 23.6 Å². The summed E-state index contributed by atoms with van der Waals surface area (Å²) in [6.45, 7) is 5.58. The zero-order valence-corrected chi connectivity index (χ0v) is 18.7. The van der Waals surface area contributed by atoms with Crippen molar-refractivity contribution in [1.29, 1.82) is 0 Å². The lowest BCUT2D eigenvalue weighted by atomic mass is 9.94. The topological polar surface area (TPSA) is 99.3 Å². The third-order valence-electron chi connectivity index (χ3n) is 4.85. The van der Waals surface area contributed by atoms with Gasteiger partial charge in [-0.2, -0.15) is 0 Å². The van der Waals surface area contributed by atoms with Gasteiger partial charge in [-0.05, 0) is 38.8 Å². The van der Waals surface area contributed by atoms with Crippen molar-refractivity contribution in [3.63, 3.8) is 0 Å². The van der Waals surface area contributed by atoms with E-state index in [1.165, 1.54) is 40.1 Å². The Bertz CT molecular complexity index is 972. The molecule has 6 heteroatoms. The first-order chi connectivity index (χ1) is 15.2. The number of hydrogen-bond donors (Lipinski definition) is 2. The van der Waals surface area contributed by atoms with E-state index in [1.807, 2.05) is 60.7 Å². The van der Waals surface area contributed by atoms with Crippen molar-refractivity contribution in [2.75, 3.05) is 0 Å². The molecular weight excluding hydrogens is 404 g/mol. The maximum atomic E-state index is 11.9. The zero-order valence-electron chi connectivity index (χ0n) is 18.7. The first-order valence-electron chi connectivity index (χ1n) is 10.2. The predicted octanol–water partition coefficient (Wildman–Crippen LogP) is 5.45. The van der Waals surface area contributed by atoms with E-state index in [9.17, 15) is 19.8 Å². The summed E-state index contributed by atoms with van der Waals surface area (Å²) in [7, 11) is 0. The summed E-state index contributed by atoms with van der Waals surface area (Å²) in [5, 5.41) is 19.8. The molecular formula is C26H28N2O4. The highest BCUT2D eigenvalue weighted by atomic mass is 16.3. The molecule has 2 rings (SSSR count). The van der Waals surface area contributed by atoms with E-state index in [0.717, 1.165) is 11.1 Å². The Morgan fingerprint density at radius 3 is 1.22 bits per heavy atom. The van der Waals surface area contributed by atoms with Crippen molar-refractivity contribution >= 4 is 24.0 Å². The van der Waals surface area contributed by atoms with Crippen LogP contribution in [-0.4, -0.2) is 34.2 Å². The lowest BCUT2D eigenvalue weighted by Crippen LogP contribution is -2.11. The highest BCUT2D eigenvalue weighted by Crippen LogP contribution is 2.35. The van der Waals surface area contributed by atoms with Gasteiger partial charge in [0.15, 0.2) is 11.6 Å². The number of ketones is 2. The van der Waals surface area contributed by atoms with Crippen LogP contribution < -0.4 is 0 Å². The monoisotopic (exact) mass is 432 g/mol. The van der Waals surface area contributed by atoms with Gasteiger partial charge in [-0.15, -0.1) is 0 Å². The predicted molar refractivity (Wildman–Crippen MR) is 127 cm³/mol. The molecule has 2 N–H and O–H groups in total. The molecule has 0 amide bonds. The Morgan fingerprint density at radius 1 is 0.656 bits per heavy atom. The van der Waals surface area contributed by atoms with E-state index in [1.54, 1.807) is 0 Å². The molecule has 32 heavy (non-hydrogen) atoms. The fourth-order valence-corrected chi connectivity index (χ4v) is 3.19. The molecule has 0 bridgehead atoms. The van der Waals surface area contributed by atoms with Crippen molar-refractivity contribution in [2.45, 2.75) is 39.8 Å². The highest BCUT2D eigenvalue weighted by molar-refractivity contribution is 6.13. The summed E-state index contributed by atoms with van der Waals surface area (Å²) >= 11 is 0. The number of benzene rings is 2. The summed E-state index contributed by atoms with van der Waals surface area (Å²) in [5.41, 5.74) is 1.89. The zero-order chi connectivity index (χ0) is 23.7. The molecule has 166 valence electrons. The number of nitrogens with zero attached hydrogens (tertiary/aromatic N) is 2. The van der Waals surface area contributed by atoms with Gasteiger partial charge in [-0.3, -0.25) is 19.6 Å². The minimum absolute atomic E-state index is 0.109. The maximum absolute atomic E-state index is 11.9. The number of aliphatic hydroxyl groups is 2. The number of allylic oxidation sites excluding steroid dienone is 4. The molecule has 2 aromatic rings. The van der Waals surface area contributed by atoms with Crippen LogP contribution in [0.5, 0.6) is 0 Å². The highest BCUT2D eigenvalue weighted by Gasteiger charge is 2.24. The van der Waals surface area contributed by atoms with E-state index < -0.39 is 12.1 Å². The second-order valence-corrected chi connectivity index (χ2v) is 7.38. The smallest absolute Gasteiger partial charge is 0.164 e. The van der Waals surface area contributed by atoms with E-state index >= 15 is 0 Å². The number of hydrogen-bond acceptors (Lipinski definition) is 6. The van der Waals surface area contributed by atoms with Gasteiger partial charge in [-0.25, -0.2) is 0 Å². The lowest BCUT2D eigenvalue weighted by Gasteiger charge is -2.22. The molecule has 0 aliphatic heterocycles. The average molecular weight is 433 g/mol. The van der Waals surface area contributed by atoms with E-state index in [2.05, 4.69) is 9.98 Å². The fourth-order valence-electron chi connectivity index (χ4n) is 3.19. The number of aliphatic imine (C=N–C) groups is 2. The molecule has 0 radical (unpaired) electrons. The molecule has 0 fully saturated rings. The molecule has 0 saturated carbocycles. The number of Topliss-reactive ketones (excluding diaryl/α,β-unsaturated/α-hetero) is 2. The number of rotatable bonds is 9. The first-order valence-corrected chi connectivity index (χ1v) is 10.2. The number of carbonyl (C=O) groups excluding carboxylic acids is 2. The van der Waals surface area contributed by atoms with Crippen LogP contribution in [0.1, 0.15) is 50.9 Å². The summed E-state index contributed by atoms with van der Waals surface area (Å²) in [4.78, 5) is 33.1. The Kier molecular flexibility index (Phi) is 8.83. The number of aliphatic hydroxyl groups excluding tert-OH is 2. The summed E-state index contributed by atoms with van der Waals surface area (Å²) in [6.07, 6.45) is 2.72. The van der Waals surface area contributed by atoms with Crippen LogP contribution in [0.25, 0.3) is 0 Å². The lowest BCUT2D eigenvalue weighted by molar-refractivity contribution is -0.114. The van der Waals surface area contributed by atoms with E-state index in [4.69, 9.17) is 0 Å². The molecule has 0 aliphatic rings. The van der Waals surface area contributed by atoms with Gasteiger partial charge in [0, 0.05) is 12.4 Å². The van der Waals surface area contributed by atoms with Crippen molar-refractivity contribution in [2.24, 2.45) is 9.98 Å². The average Bonchev–Trinajstić information content (AvgIpc) is 2.75. The molecule has 2 atom stereocenters. The van der Waals surface area contributed by atoms with Gasteiger partial charge in [0.25, 0.3) is 0 Å².